The number of thiazole rings is 1. The topological polar surface area (TPSA) is 118 Å². The summed E-state index contributed by atoms with van der Waals surface area (Å²) in [4.78, 5) is 45.9. The molecular weight excluding hydrogens is 474 g/mol. The van der Waals surface area contributed by atoms with E-state index in [4.69, 9.17) is 10.5 Å². The third-order valence-corrected chi connectivity index (χ3v) is 7.98. The largest absolute Gasteiger partial charge is 0.496 e. The number of nitrogens with two attached hydrogens (primary N) is 1. The van der Waals surface area contributed by atoms with Crippen molar-refractivity contribution in [1.82, 2.24) is 14.8 Å². The lowest BCUT2D eigenvalue weighted by atomic mass is 10.1. The number of nitrogens with zero attached hydrogens (tertiary/aromatic N) is 3. The second kappa shape index (κ2) is 11.7. The minimum absolute atomic E-state index is 0.0269. The minimum Gasteiger partial charge on any atom is -0.496 e. The number of aromatic nitrogens is 1. The summed E-state index contributed by atoms with van der Waals surface area (Å²) < 4.78 is 6.41. The molecule has 1 aromatic carbocycles. The van der Waals surface area contributed by atoms with Crippen molar-refractivity contribution in [1.29, 1.82) is 0 Å². The van der Waals surface area contributed by atoms with Gasteiger partial charge in [-0.15, -0.1) is 0 Å². The van der Waals surface area contributed by atoms with Gasteiger partial charge in [-0.3, -0.25) is 14.4 Å². The molecule has 1 aromatic heterocycles. The van der Waals surface area contributed by atoms with Gasteiger partial charge in [-0.05, 0) is 31.0 Å². The highest BCUT2D eigenvalue weighted by molar-refractivity contribution is 8.01. The molecule has 9 nitrogen and oxygen atoms in total. The molecule has 1 unspecified atom stereocenters. The Bertz CT molecular complexity index is 1050. The van der Waals surface area contributed by atoms with Crippen LogP contribution >= 0.6 is 23.1 Å². The van der Waals surface area contributed by atoms with Crippen LogP contribution in [-0.4, -0.2) is 72.3 Å². The highest BCUT2D eigenvalue weighted by Gasteiger charge is 2.27. The van der Waals surface area contributed by atoms with Gasteiger partial charge in [0.25, 0.3) is 5.91 Å². The van der Waals surface area contributed by atoms with Gasteiger partial charge in [-0.2, -0.15) is 0 Å². The van der Waals surface area contributed by atoms with E-state index in [1.807, 2.05) is 32.9 Å². The summed E-state index contributed by atoms with van der Waals surface area (Å²) in [5.74, 6) is 0.147. The van der Waals surface area contributed by atoms with E-state index in [1.54, 1.807) is 23.1 Å². The van der Waals surface area contributed by atoms with Crippen LogP contribution in [0, 0.1) is 12.8 Å². The zero-order valence-corrected chi connectivity index (χ0v) is 21.6. The van der Waals surface area contributed by atoms with Crippen LogP contribution in [0.3, 0.4) is 0 Å². The van der Waals surface area contributed by atoms with Crippen LogP contribution in [-0.2, 0) is 9.59 Å². The van der Waals surface area contributed by atoms with Crippen molar-refractivity contribution in [2.75, 3.05) is 45.2 Å². The van der Waals surface area contributed by atoms with Gasteiger partial charge >= 0.3 is 0 Å². The molecule has 0 radical (unpaired) electrons. The predicted molar refractivity (Wildman–Crippen MR) is 134 cm³/mol. The molecule has 1 fully saturated rings. The molecule has 0 bridgehead atoms. The Morgan fingerprint density at radius 1 is 1.24 bits per heavy atom. The van der Waals surface area contributed by atoms with E-state index < -0.39 is 0 Å². The van der Waals surface area contributed by atoms with E-state index in [0.717, 1.165) is 21.1 Å². The van der Waals surface area contributed by atoms with Crippen LogP contribution in [0.2, 0.25) is 0 Å². The quantitative estimate of drug-likeness (QED) is 0.566. The molecular formula is C23H31N5O4S2. The number of hydrogen-bond acceptors (Lipinski definition) is 8. The molecule has 11 heteroatoms. The smallest absolute Gasteiger partial charge is 0.257 e. The first-order valence-electron chi connectivity index (χ1n) is 11.2. The number of amides is 3. The van der Waals surface area contributed by atoms with Crippen LogP contribution < -0.4 is 15.8 Å². The van der Waals surface area contributed by atoms with Gasteiger partial charge in [-0.1, -0.05) is 36.9 Å². The van der Waals surface area contributed by atoms with Crippen molar-refractivity contribution in [2.24, 2.45) is 11.7 Å². The summed E-state index contributed by atoms with van der Waals surface area (Å²) in [5, 5.41) is 3.41. The molecule has 1 aliphatic heterocycles. The van der Waals surface area contributed by atoms with E-state index in [0.29, 0.717) is 42.6 Å². The van der Waals surface area contributed by atoms with Crippen molar-refractivity contribution in [3.05, 3.63) is 29.5 Å². The van der Waals surface area contributed by atoms with Crippen molar-refractivity contribution in [3.63, 3.8) is 0 Å². The number of anilines is 1. The van der Waals surface area contributed by atoms with Crippen LogP contribution in [0.4, 0.5) is 5.13 Å². The Balaban J connectivity index is 1.75. The van der Waals surface area contributed by atoms with Gasteiger partial charge in [0.1, 0.15) is 5.75 Å². The highest BCUT2D eigenvalue weighted by Crippen LogP contribution is 2.38. The van der Waals surface area contributed by atoms with Crippen LogP contribution in [0.25, 0.3) is 0 Å². The Labute approximate surface area is 208 Å². The van der Waals surface area contributed by atoms with E-state index in [1.165, 1.54) is 23.1 Å². The maximum absolute atomic E-state index is 13.3. The average molecular weight is 506 g/mol. The molecule has 184 valence electrons. The summed E-state index contributed by atoms with van der Waals surface area (Å²) in [7, 11) is 1.55. The Morgan fingerprint density at radius 3 is 2.53 bits per heavy atom. The number of hydrogen-bond donors (Lipinski definition) is 2. The average Bonchev–Trinajstić information content (AvgIpc) is 3.30. The van der Waals surface area contributed by atoms with Gasteiger partial charge < -0.3 is 25.6 Å². The molecule has 0 spiro atoms. The molecule has 2 aromatic rings. The maximum Gasteiger partial charge on any atom is 0.257 e. The highest BCUT2D eigenvalue weighted by atomic mass is 32.2. The van der Waals surface area contributed by atoms with E-state index in [2.05, 4.69) is 10.3 Å². The normalized spacial score (nSPS) is 14.6. The van der Waals surface area contributed by atoms with Gasteiger partial charge in [0.2, 0.25) is 11.8 Å². The zero-order chi connectivity index (χ0) is 24.8. The maximum atomic E-state index is 13.3. The standard InChI is InChI=1S/C23H31N5O4S2/c1-5-14(2)21(30)26-23-25-13-20(34-23)33-18-11-16(17(32-4)10-15(18)3)22(31)28-8-6-27(7-9-28)19(29)12-24/h10-11,13-14H,5-9,12,24H2,1-4H3,(H,25,26,30). The number of carbonyl (C=O) groups is 3. The van der Waals surface area contributed by atoms with Crippen molar-refractivity contribution >= 4 is 46.0 Å². The van der Waals surface area contributed by atoms with E-state index >= 15 is 0 Å². The second-order valence-corrected chi connectivity index (χ2v) is 10.5. The Morgan fingerprint density at radius 2 is 1.91 bits per heavy atom. The lowest BCUT2D eigenvalue weighted by Crippen LogP contribution is -2.51. The fourth-order valence-corrected chi connectivity index (χ4v) is 5.40. The molecule has 2 heterocycles. The summed E-state index contributed by atoms with van der Waals surface area (Å²) in [6, 6.07) is 3.70. The van der Waals surface area contributed by atoms with Gasteiger partial charge in [0.05, 0.1) is 29.6 Å². The van der Waals surface area contributed by atoms with Crippen LogP contribution in [0.5, 0.6) is 5.75 Å². The first-order chi connectivity index (χ1) is 16.3. The second-order valence-electron chi connectivity index (χ2n) is 8.08. The third-order valence-electron chi connectivity index (χ3n) is 5.81. The molecule has 1 aliphatic rings. The Kier molecular flexibility index (Phi) is 8.92. The van der Waals surface area contributed by atoms with Crippen LogP contribution in [0.1, 0.15) is 36.2 Å². The molecule has 3 rings (SSSR count). The van der Waals surface area contributed by atoms with Crippen molar-refractivity contribution < 1.29 is 19.1 Å². The fraction of sp³-hybridized carbons (Fsp3) is 0.478. The van der Waals surface area contributed by atoms with Crippen molar-refractivity contribution in [2.45, 2.75) is 36.3 Å². The number of rotatable bonds is 8. The number of aryl methyl sites for hydroxylation is 1. The van der Waals surface area contributed by atoms with E-state index in [9.17, 15) is 14.4 Å². The SMILES string of the molecule is CCC(C)C(=O)Nc1ncc(Sc2cc(C(=O)N3CCN(C(=O)CN)CC3)c(OC)cc2C)s1. The lowest BCUT2D eigenvalue weighted by Gasteiger charge is -2.35. The first kappa shape index (κ1) is 26.0. The third kappa shape index (κ3) is 6.08. The number of carbonyl (C=O) groups excluding carboxylic acids is 3. The van der Waals surface area contributed by atoms with E-state index in [-0.39, 0.29) is 30.2 Å². The molecule has 3 N–H and O–H groups in total. The number of ether oxygens (including phenoxy) is 1. The summed E-state index contributed by atoms with van der Waals surface area (Å²) in [5.41, 5.74) is 6.89. The zero-order valence-electron chi connectivity index (χ0n) is 19.9. The molecule has 0 aliphatic carbocycles. The summed E-state index contributed by atoms with van der Waals surface area (Å²) >= 11 is 2.89. The Hall–Kier alpha value is -2.63. The lowest BCUT2D eigenvalue weighted by molar-refractivity contribution is -0.131. The molecule has 34 heavy (non-hydrogen) atoms. The van der Waals surface area contributed by atoms with Crippen LogP contribution in [0.15, 0.2) is 27.4 Å². The number of methoxy groups -OCH3 is 1. The number of piperazine rings is 1. The summed E-state index contributed by atoms with van der Waals surface area (Å²) in [6.45, 7) is 7.60. The summed E-state index contributed by atoms with van der Waals surface area (Å²) in [6.07, 6.45) is 2.49. The fourth-order valence-electron chi connectivity index (χ4n) is 3.45. The predicted octanol–water partition coefficient (Wildman–Crippen LogP) is 2.84. The van der Waals surface area contributed by atoms with Gasteiger partial charge in [0, 0.05) is 37.0 Å². The molecule has 3 amide bonds. The molecule has 0 saturated carbocycles. The minimum atomic E-state index is -0.135. The monoisotopic (exact) mass is 505 g/mol. The number of benzene rings is 1. The molecule has 1 atom stereocenters. The number of nitrogens with one attached hydrogen (secondary N) is 1. The van der Waals surface area contributed by atoms with Crippen molar-refractivity contribution in [3.8, 4) is 5.75 Å². The first-order valence-corrected chi connectivity index (χ1v) is 12.8. The van der Waals surface area contributed by atoms with Gasteiger partial charge in [-0.25, -0.2) is 4.98 Å². The molecule has 1 saturated heterocycles. The van der Waals surface area contributed by atoms with Gasteiger partial charge in [0.15, 0.2) is 5.13 Å².